The van der Waals surface area contributed by atoms with Crippen LogP contribution in [0.1, 0.15) is 60.9 Å². The Bertz CT molecular complexity index is 807. The molecule has 0 amide bonds. The van der Waals surface area contributed by atoms with Crippen LogP contribution >= 0.6 is 0 Å². The second-order valence-electron chi connectivity index (χ2n) is 7.08. The minimum Gasteiger partial charge on any atom is -0.493 e. The summed E-state index contributed by atoms with van der Waals surface area (Å²) in [6, 6.07) is 5.86. The number of ether oxygens (including phenoxy) is 1. The molecule has 0 aliphatic carbocycles. The first-order valence-corrected chi connectivity index (χ1v) is 8.62. The molecule has 0 aliphatic heterocycles. The van der Waals surface area contributed by atoms with E-state index in [1.54, 1.807) is 6.92 Å². The van der Waals surface area contributed by atoms with E-state index in [1.807, 2.05) is 18.2 Å². The first-order valence-electron chi connectivity index (χ1n) is 8.62. The van der Waals surface area contributed by atoms with E-state index in [0.717, 1.165) is 16.9 Å². The zero-order valence-corrected chi connectivity index (χ0v) is 15.6. The van der Waals surface area contributed by atoms with Crippen molar-refractivity contribution in [2.45, 2.75) is 47.0 Å². The minimum absolute atomic E-state index is 0.0909. The van der Waals surface area contributed by atoms with Gasteiger partial charge in [-0.3, -0.25) is 9.59 Å². The number of carbonyl (C=O) groups is 1. The van der Waals surface area contributed by atoms with Crippen molar-refractivity contribution in [1.29, 1.82) is 0 Å². The summed E-state index contributed by atoms with van der Waals surface area (Å²) in [5.74, 6) is 1.45. The maximum absolute atomic E-state index is 12.4. The second kappa shape index (κ2) is 8.10. The maximum atomic E-state index is 12.4. The van der Waals surface area contributed by atoms with Crippen molar-refractivity contribution >= 4 is 5.78 Å². The van der Waals surface area contributed by atoms with Gasteiger partial charge in [0, 0.05) is 18.2 Å². The summed E-state index contributed by atoms with van der Waals surface area (Å²) >= 11 is 0. The number of Topliss-reactive ketones (excluding diaryl/α,β-unsaturated/α-hetero) is 1. The highest BCUT2D eigenvalue weighted by molar-refractivity contribution is 5.94. The molecule has 5 nitrogen and oxygen atoms in total. The summed E-state index contributed by atoms with van der Waals surface area (Å²) in [6.45, 7) is 10.7. The zero-order chi connectivity index (χ0) is 18.6. The summed E-state index contributed by atoms with van der Waals surface area (Å²) in [7, 11) is 0. The molecule has 0 radical (unpaired) electrons. The largest absolute Gasteiger partial charge is 0.493 e. The molecule has 0 atom stereocenters. The lowest BCUT2D eigenvalue weighted by Crippen LogP contribution is -2.18. The predicted molar refractivity (Wildman–Crippen MR) is 98.5 cm³/mol. The third kappa shape index (κ3) is 5.02. The number of ketones is 1. The molecule has 1 heterocycles. The van der Waals surface area contributed by atoms with Crippen LogP contribution < -0.4 is 10.3 Å². The lowest BCUT2D eigenvalue weighted by atomic mass is 9.98. The quantitative estimate of drug-likeness (QED) is 0.779. The smallest absolute Gasteiger partial charge is 0.254 e. The molecule has 0 saturated heterocycles. The van der Waals surface area contributed by atoms with Crippen molar-refractivity contribution in [3.05, 3.63) is 57.3 Å². The molecule has 1 aromatic carbocycles. The van der Waals surface area contributed by atoms with Crippen molar-refractivity contribution in [3.8, 4) is 5.75 Å². The third-order valence-electron chi connectivity index (χ3n) is 3.88. The van der Waals surface area contributed by atoms with E-state index < -0.39 is 0 Å². The Morgan fingerprint density at radius 3 is 2.56 bits per heavy atom. The first-order chi connectivity index (χ1) is 11.8. The van der Waals surface area contributed by atoms with Gasteiger partial charge >= 0.3 is 0 Å². The van der Waals surface area contributed by atoms with Gasteiger partial charge in [0.05, 0.1) is 6.61 Å². The van der Waals surface area contributed by atoms with Crippen LogP contribution in [0.5, 0.6) is 5.75 Å². The van der Waals surface area contributed by atoms with Crippen LogP contribution in [0.3, 0.4) is 0 Å². The van der Waals surface area contributed by atoms with Crippen LogP contribution in [0.2, 0.25) is 0 Å². The Kier molecular flexibility index (Phi) is 6.12. The van der Waals surface area contributed by atoms with Crippen LogP contribution in [0.15, 0.2) is 29.2 Å². The van der Waals surface area contributed by atoms with E-state index in [0.29, 0.717) is 24.0 Å². The highest BCUT2D eigenvalue weighted by Gasteiger charge is 2.14. The van der Waals surface area contributed by atoms with Crippen molar-refractivity contribution in [2.75, 3.05) is 6.61 Å². The molecule has 0 bridgehead atoms. The molecule has 5 heteroatoms. The monoisotopic (exact) mass is 342 g/mol. The Hall–Kier alpha value is -2.43. The van der Waals surface area contributed by atoms with E-state index in [9.17, 15) is 9.59 Å². The predicted octanol–water partition coefficient (Wildman–Crippen LogP) is 3.66. The fourth-order valence-electron chi connectivity index (χ4n) is 2.42. The van der Waals surface area contributed by atoms with Crippen molar-refractivity contribution in [3.63, 3.8) is 0 Å². The van der Waals surface area contributed by atoms with E-state index >= 15 is 0 Å². The Morgan fingerprint density at radius 1 is 1.24 bits per heavy atom. The lowest BCUT2D eigenvalue weighted by molar-refractivity contribution is 0.0982. The van der Waals surface area contributed by atoms with Gasteiger partial charge in [-0.25, -0.2) is 4.98 Å². The second-order valence-corrected chi connectivity index (χ2v) is 7.08. The van der Waals surface area contributed by atoms with Gasteiger partial charge in [0.15, 0.2) is 5.82 Å². The molecule has 0 fully saturated rings. The Labute approximate surface area is 148 Å². The van der Waals surface area contributed by atoms with E-state index in [1.165, 1.54) is 6.20 Å². The molecule has 25 heavy (non-hydrogen) atoms. The van der Waals surface area contributed by atoms with Crippen LogP contribution in [-0.2, 0) is 6.42 Å². The molecule has 0 spiro atoms. The highest BCUT2D eigenvalue weighted by atomic mass is 16.5. The van der Waals surface area contributed by atoms with Gasteiger partial charge in [-0.1, -0.05) is 39.8 Å². The van der Waals surface area contributed by atoms with Crippen molar-refractivity contribution < 1.29 is 9.53 Å². The number of H-pyrrole nitrogens is 1. The number of aromatic amines is 1. The zero-order valence-electron chi connectivity index (χ0n) is 15.6. The van der Waals surface area contributed by atoms with Gasteiger partial charge < -0.3 is 9.72 Å². The van der Waals surface area contributed by atoms with Crippen LogP contribution in [0.25, 0.3) is 0 Å². The fraction of sp³-hybridized carbons (Fsp3) is 0.450. The molecular weight excluding hydrogens is 316 g/mol. The number of hydrogen-bond acceptors (Lipinski definition) is 4. The third-order valence-corrected chi connectivity index (χ3v) is 3.88. The van der Waals surface area contributed by atoms with Crippen LogP contribution in [-0.4, -0.2) is 22.4 Å². The number of nitrogens with one attached hydrogen (secondary N) is 1. The molecule has 0 aliphatic rings. The number of carbonyl (C=O) groups excluding carboxylic acids is 1. The molecule has 134 valence electrons. The molecule has 2 rings (SSSR count). The minimum atomic E-state index is -0.283. The number of nitrogens with zero attached hydrogens (tertiary/aromatic N) is 1. The standard InChI is InChI=1S/C20H26N2O3/c1-12(2)11-25-18-9-15(6-7-16(18)13(3)4)8-17(23)19-21-10-14(5)20(24)22-19/h6-7,9-10,12-13H,8,11H2,1-5H3,(H,21,22,24). The van der Waals surface area contributed by atoms with Crippen molar-refractivity contribution in [1.82, 2.24) is 9.97 Å². The number of hydrogen-bond donors (Lipinski definition) is 1. The van der Waals surface area contributed by atoms with Gasteiger partial charge in [-0.2, -0.15) is 0 Å². The van der Waals surface area contributed by atoms with Crippen LogP contribution in [0, 0.1) is 12.8 Å². The summed E-state index contributed by atoms with van der Waals surface area (Å²) in [5, 5.41) is 0. The first kappa shape index (κ1) is 18.9. The summed E-state index contributed by atoms with van der Waals surface area (Å²) in [6.07, 6.45) is 1.59. The number of aryl methyl sites for hydroxylation is 1. The molecule has 1 N–H and O–H groups in total. The Balaban J connectivity index is 2.23. The SMILES string of the molecule is Cc1cnc(C(=O)Cc2ccc(C(C)C)c(OCC(C)C)c2)[nH]c1=O. The van der Waals surface area contributed by atoms with Gasteiger partial charge in [-0.05, 0) is 36.0 Å². The number of benzene rings is 1. The lowest BCUT2D eigenvalue weighted by Gasteiger charge is -2.16. The number of aromatic nitrogens is 2. The molecule has 0 saturated carbocycles. The molecule has 1 aromatic heterocycles. The Morgan fingerprint density at radius 2 is 1.96 bits per heavy atom. The average Bonchev–Trinajstić information content (AvgIpc) is 2.55. The van der Waals surface area contributed by atoms with E-state index in [2.05, 4.69) is 37.7 Å². The highest BCUT2D eigenvalue weighted by Crippen LogP contribution is 2.28. The van der Waals surface area contributed by atoms with E-state index in [4.69, 9.17) is 4.74 Å². The number of rotatable bonds is 7. The van der Waals surface area contributed by atoms with Crippen LogP contribution in [0.4, 0.5) is 0 Å². The van der Waals surface area contributed by atoms with Gasteiger partial charge in [0.25, 0.3) is 5.56 Å². The van der Waals surface area contributed by atoms with Gasteiger partial charge in [0.1, 0.15) is 5.75 Å². The van der Waals surface area contributed by atoms with Crippen molar-refractivity contribution in [2.24, 2.45) is 5.92 Å². The molecule has 0 unspecified atom stereocenters. The topological polar surface area (TPSA) is 72.0 Å². The normalized spacial score (nSPS) is 11.2. The summed E-state index contributed by atoms with van der Waals surface area (Å²) in [4.78, 5) is 30.6. The molecule has 2 aromatic rings. The summed E-state index contributed by atoms with van der Waals surface area (Å²) < 4.78 is 5.94. The average molecular weight is 342 g/mol. The maximum Gasteiger partial charge on any atom is 0.254 e. The fourth-order valence-corrected chi connectivity index (χ4v) is 2.42. The summed E-state index contributed by atoms with van der Waals surface area (Å²) in [5.41, 5.74) is 2.17. The van der Waals surface area contributed by atoms with Gasteiger partial charge in [-0.15, -0.1) is 0 Å². The van der Waals surface area contributed by atoms with E-state index in [-0.39, 0.29) is 23.6 Å². The molecular formula is C20H26N2O3. The van der Waals surface area contributed by atoms with Gasteiger partial charge in [0.2, 0.25) is 5.78 Å².